The van der Waals surface area contributed by atoms with Crippen LogP contribution in [0.1, 0.15) is 22.0 Å². The summed E-state index contributed by atoms with van der Waals surface area (Å²) in [6.07, 6.45) is 0. The number of nitro groups is 1. The molecule has 1 fully saturated rings. The van der Waals surface area contributed by atoms with Crippen molar-refractivity contribution < 1.29 is 19.6 Å². The van der Waals surface area contributed by atoms with Crippen LogP contribution in [0.15, 0.2) is 71.6 Å². The molecule has 31 heavy (non-hydrogen) atoms. The number of ketones is 1. The summed E-state index contributed by atoms with van der Waals surface area (Å²) in [5, 5.41) is 24.5. The molecule has 2 heterocycles. The standard InChI is InChI=1S/C22H15ClN2O5S/c23-15-8-6-13(7-9-15)19-18(20(26)14-3-1-4-16(11-14)25(29)30)21(27)22(28)24(19)12-17-5-2-10-31-17/h1-11,19,26H,12H2/b20-18-. The van der Waals surface area contributed by atoms with Gasteiger partial charge in [0.25, 0.3) is 17.4 Å². The van der Waals surface area contributed by atoms with Gasteiger partial charge in [-0.2, -0.15) is 0 Å². The maximum Gasteiger partial charge on any atom is 0.295 e. The quantitative estimate of drug-likeness (QED) is 0.193. The van der Waals surface area contributed by atoms with Gasteiger partial charge in [0.2, 0.25) is 0 Å². The number of carbonyl (C=O) groups excluding carboxylic acids is 2. The van der Waals surface area contributed by atoms with Crippen LogP contribution in [0.5, 0.6) is 0 Å². The number of non-ortho nitro benzene ring substituents is 1. The maximum atomic E-state index is 13.0. The van der Waals surface area contributed by atoms with E-state index in [0.717, 1.165) is 4.88 Å². The SMILES string of the molecule is O=C1C(=O)N(Cc2cccs2)C(c2ccc(Cl)cc2)/C1=C(/O)c1cccc([N+](=O)[O-])c1. The second kappa shape index (κ2) is 8.33. The zero-order valence-corrected chi connectivity index (χ0v) is 17.5. The van der Waals surface area contributed by atoms with Crippen molar-refractivity contribution in [1.29, 1.82) is 0 Å². The lowest BCUT2D eigenvalue weighted by Crippen LogP contribution is -2.28. The molecule has 7 nitrogen and oxygen atoms in total. The summed E-state index contributed by atoms with van der Waals surface area (Å²) in [6.45, 7) is 0.182. The molecule has 1 N–H and O–H groups in total. The largest absolute Gasteiger partial charge is 0.507 e. The first-order valence-electron chi connectivity index (χ1n) is 9.18. The van der Waals surface area contributed by atoms with Gasteiger partial charge in [-0.1, -0.05) is 41.9 Å². The van der Waals surface area contributed by atoms with Gasteiger partial charge in [-0.3, -0.25) is 19.7 Å². The lowest BCUT2D eigenvalue weighted by Gasteiger charge is -2.25. The Morgan fingerprint density at radius 2 is 1.87 bits per heavy atom. The molecule has 0 spiro atoms. The van der Waals surface area contributed by atoms with Crippen LogP contribution in [0.4, 0.5) is 5.69 Å². The Hall–Kier alpha value is -3.49. The molecule has 4 rings (SSSR count). The number of nitrogens with zero attached hydrogens (tertiary/aromatic N) is 2. The third kappa shape index (κ3) is 3.95. The molecular formula is C22H15ClN2O5S. The number of amides is 1. The Morgan fingerprint density at radius 3 is 2.52 bits per heavy atom. The van der Waals surface area contributed by atoms with Crippen LogP contribution >= 0.6 is 22.9 Å². The average molecular weight is 455 g/mol. The molecule has 3 aromatic rings. The predicted molar refractivity (Wildman–Crippen MR) is 117 cm³/mol. The minimum atomic E-state index is -0.862. The first-order chi connectivity index (χ1) is 14.9. The first kappa shape index (κ1) is 20.8. The van der Waals surface area contributed by atoms with Gasteiger partial charge in [-0.15, -0.1) is 11.3 Å². The van der Waals surface area contributed by atoms with E-state index in [1.807, 2.05) is 17.5 Å². The van der Waals surface area contributed by atoms with E-state index in [1.54, 1.807) is 24.3 Å². The van der Waals surface area contributed by atoms with Crippen LogP contribution in [0.25, 0.3) is 5.76 Å². The molecule has 1 atom stereocenters. The molecule has 1 aliphatic heterocycles. The highest BCUT2D eigenvalue weighted by Gasteiger charge is 2.46. The van der Waals surface area contributed by atoms with Crippen molar-refractivity contribution in [3.8, 4) is 0 Å². The van der Waals surface area contributed by atoms with Crippen molar-refractivity contribution >= 4 is 46.1 Å². The smallest absolute Gasteiger partial charge is 0.295 e. The normalized spacial score (nSPS) is 17.8. The number of aliphatic hydroxyl groups is 1. The van der Waals surface area contributed by atoms with Gasteiger partial charge >= 0.3 is 0 Å². The van der Waals surface area contributed by atoms with E-state index in [1.165, 1.54) is 40.5 Å². The number of hydrogen-bond donors (Lipinski definition) is 1. The summed E-state index contributed by atoms with van der Waals surface area (Å²) in [6, 6.07) is 14.8. The predicted octanol–water partition coefficient (Wildman–Crippen LogP) is 4.93. The fourth-order valence-electron chi connectivity index (χ4n) is 3.53. The number of carbonyl (C=O) groups is 2. The van der Waals surface area contributed by atoms with Gasteiger partial charge in [-0.05, 0) is 29.1 Å². The summed E-state index contributed by atoms with van der Waals surface area (Å²) < 4.78 is 0. The number of halogens is 1. The summed E-state index contributed by atoms with van der Waals surface area (Å²) >= 11 is 7.44. The minimum absolute atomic E-state index is 0.0855. The monoisotopic (exact) mass is 454 g/mol. The first-order valence-corrected chi connectivity index (χ1v) is 10.4. The number of benzene rings is 2. The second-order valence-corrected chi connectivity index (χ2v) is 8.33. The van der Waals surface area contributed by atoms with E-state index in [2.05, 4.69) is 0 Å². The fraction of sp³-hybridized carbons (Fsp3) is 0.0909. The van der Waals surface area contributed by atoms with Crippen molar-refractivity contribution in [2.45, 2.75) is 12.6 Å². The lowest BCUT2D eigenvalue weighted by molar-refractivity contribution is -0.384. The van der Waals surface area contributed by atoms with Gasteiger partial charge in [0.15, 0.2) is 0 Å². The minimum Gasteiger partial charge on any atom is -0.507 e. The molecule has 2 aromatic carbocycles. The van der Waals surface area contributed by atoms with Crippen LogP contribution < -0.4 is 0 Å². The summed E-state index contributed by atoms with van der Waals surface area (Å²) in [5.41, 5.74) is 0.318. The molecule has 156 valence electrons. The van der Waals surface area contributed by atoms with Crippen molar-refractivity contribution in [2.24, 2.45) is 0 Å². The van der Waals surface area contributed by atoms with Crippen molar-refractivity contribution in [3.05, 3.63) is 103 Å². The lowest BCUT2D eigenvalue weighted by atomic mass is 9.95. The molecule has 0 radical (unpaired) electrons. The van der Waals surface area contributed by atoms with E-state index < -0.39 is 28.4 Å². The summed E-state index contributed by atoms with van der Waals surface area (Å²) in [4.78, 5) is 38.7. The van der Waals surface area contributed by atoms with Crippen LogP contribution in [-0.2, 0) is 16.1 Å². The molecule has 1 aromatic heterocycles. The molecular weight excluding hydrogens is 440 g/mol. The Morgan fingerprint density at radius 1 is 1.13 bits per heavy atom. The Bertz CT molecular complexity index is 1200. The molecule has 0 aliphatic carbocycles. The highest BCUT2D eigenvalue weighted by molar-refractivity contribution is 7.09. The number of nitro benzene ring substituents is 1. The number of aliphatic hydroxyl groups excluding tert-OH is 1. The van der Waals surface area contributed by atoms with Gasteiger partial charge in [0.1, 0.15) is 5.76 Å². The summed E-state index contributed by atoms with van der Waals surface area (Å²) in [5.74, 6) is -2.06. The van der Waals surface area contributed by atoms with Crippen molar-refractivity contribution in [2.75, 3.05) is 0 Å². The van der Waals surface area contributed by atoms with Crippen molar-refractivity contribution in [3.63, 3.8) is 0 Å². The van der Waals surface area contributed by atoms with Crippen molar-refractivity contribution in [1.82, 2.24) is 4.90 Å². The Balaban J connectivity index is 1.87. The number of rotatable bonds is 5. The van der Waals surface area contributed by atoms with Gasteiger partial charge in [0.05, 0.1) is 23.1 Å². The number of hydrogen-bond acceptors (Lipinski definition) is 6. The molecule has 1 saturated heterocycles. The van der Waals surface area contributed by atoms with Gasteiger partial charge < -0.3 is 10.0 Å². The summed E-state index contributed by atoms with van der Waals surface area (Å²) in [7, 11) is 0. The number of likely N-dealkylation sites (tertiary alicyclic amines) is 1. The molecule has 1 unspecified atom stereocenters. The zero-order valence-electron chi connectivity index (χ0n) is 15.9. The van der Waals surface area contributed by atoms with Gasteiger partial charge in [0, 0.05) is 27.6 Å². The number of thiophene rings is 1. The average Bonchev–Trinajstić information content (AvgIpc) is 3.36. The van der Waals surface area contributed by atoms with E-state index in [0.29, 0.717) is 10.6 Å². The van der Waals surface area contributed by atoms with Gasteiger partial charge in [-0.25, -0.2) is 0 Å². The highest BCUT2D eigenvalue weighted by atomic mass is 35.5. The zero-order chi connectivity index (χ0) is 22.1. The topological polar surface area (TPSA) is 101 Å². The van der Waals surface area contributed by atoms with E-state index in [-0.39, 0.29) is 23.4 Å². The maximum absolute atomic E-state index is 13.0. The van der Waals surface area contributed by atoms with Crippen LogP contribution in [-0.4, -0.2) is 26.6 Å². The van der Waals surface area contributed by atoms with Crippen LogP contribution in [0, 0.1) is 10.1 Å². The molecule has 1 aliphatic rings. The van der Waals surface area contributed by atoms with E-state index >= 15 is 0 Å². The van der Waals surface area contributed by atoms with E-state index in [9.17, 15) is 24.8 Å². The highest BCUT2D eigenvalue weighted by Crippen LogP contribution is 2.41. The van der Waals surface area contributed by atoms with Crippen LogP contribution in [0.2, 0.25) is 5.02 Å². The number of Topliss-reactive ketones (excluding diaryl/α,β-unsaturated/α-hetero) is 1. The molecule has 1 amide bonds. The molecule has 0 bridgehead atoms. The third-order valence-electron chi connectivity index (χ3n) is 4.96. The Kier molecular flexibility index (Phi) is 5.58. The Labute approximate surface area is 186 Å². The second-order valence-electron chi connectivity index (χ2n) is 6.87. The van der Waals surface area contributed by atoms with E-state index in [4.69, 9.17) is 11.6 Å². The molecule has 9 heteroatoms. The third-order valence-corrected chi connectivity index (χ3v) is 6.08. The van der Waals surface area contributed by atoms with Crippen LogP contribution in [0.3, 0.4) is 0 Å². The fourth-order valence-corrected chi connectivity index (χ4v) is 4.36. The molecule has 0 saturated carbocycles.